The van der Waals surface area contributed by atoms with Gasteiger partial charge in [-0.2, -0.15) is 0 Å². The van der Waals surface area contributed by atoms with Gasteiger partial charge < -0.3 is 14.8 Å². The molecule has 0 fully saturated rings. The van der Waals surface area contributed by atoms with E-state index in [1.54, 1.807) is 0 Å². The molecule has 5 heteroatoms. The van der Waals surface area contributed by atoms with E-state index in [1.807, 2.05) is 37.3 Å². The van der Waals surface area contributed by atoms with Crippen LogP contribution in [0.1, 0.15) is 11.1 Å². The summed E-state index contributed by atoms with van der Waals surface area (Å²) in [5.74, 6) is 1.56. The molecular weight excluding hydrogens is 342 g/mol. The van der Waals surface area contributed by atoms with Crippen molar-refractivity contribution in [1.29, 1.82) is 0 Å². The third-order valence-corrected chi connectivity index (χ3v) is 4.18. The van der Waals surface area contributed by atoms with Crippen molar-refractivity contribution in [3.63, 3.8) is 0 Å². The van der Waals surface area contributed by atoms with Gasteiger partial charge in [-0.3, -0.25) is 0 Å². The number of nitrogens with one attached hydrogen (secondary N) is 1. The largest absolute Gasteiger partial charge is 0.454 e. The summed E-state index contributed by atoms with van der Waals surface area (Å²) >= 11 is 9.58. The molecule has 3 nitrogen and oxygen atoms in total. The number of ether oxygens (including phenoxy) is 2. The highest BCUT2D eigenvalue weighted by atomic mass is 79.9. The molecule has 1 aliphatic rings. The summed E-state index contributed by atoms with van der Waals surface area (Å²) in [6.45, 7) is 3.01. The van der Waals surface area contributed by atoms with Gasteiger partial charge in [0.2, 0.25) is 6.79 Å². The minimum Gasteiger partial charge on any atom is -0.454 e. The summed E-state index contributed by atoms with van der Waals surface area (Å²) < 4.78 is 11.7. The molecule has 2 aromatic carbocycles. The van der Waals surface area contributed by atoms with Crippen LogP contribution in [-0.4, -0.2) is 6.79 Å². The number of aryl methyl sites for hydroxylation is 1. The van der Waals surface area contributed by atoms with E-state index < -0.39 is 0 Å². The van der Waals surface area contributed by atoms with Crippen molar-refractivity contribution < 1.29 is 9.47 Å². The van der Waals surface area contributed by atoms with E-state index in [0.717, 1.165) is 37.8 Å². The van der Waals surface area contributed by atoms with E-state index in [2.05, 4.69) is 21.2 Å². The van der Waals surface area contributed by atoms with Crippen molar-refractivity contribution in [2.45, 2.75) is 13.5 Å². The highest BCUT2D eigenvalue weighted by molar-refractivity contribution is 9.10. The molecule has 0 aromatic heterocycles. The predicted octanol–water partition coefficient (Wildman–Crippen LogP) is 4.75. The van der Waals surface area contributed by atoms with Crippen LogP contribution < -0.4 is 14.8 Å². The Balaban J connectivity index is 1.80. The van der Waals surface area contributed by atoms with Crippen LogP contribution in [0, 0.1) is 6.92 Å². The Labute approximate surface area is 131 Å². The van der Waals surface area contributed by atoms with E-state index in [-0.39, 0.29) is 6.79 Å². The number of fused-ring (bicyclic) bond motifs is 1. The normalized spacial score (nSPS) is 12.6. The average molecular weight is 355 g/mol. The Hall–Kier alpha value is -1.39. The van der Waals surface area contributed by atoms with Crippen LogP contribution in [0.25, 0.3) is 0 Å². The monoisotopic (exact) mass is 353 g/mol. The summed E-state index contributed by atoms with van der Waals surface area (Å²) in [7, 11) is 0. The van der Waals surface area contributed by atoms with Gasteiger partial charge in [-0.25, -0.2) is 0 Å². The first-order valence-corrected chi connectivity index (χ1v) is 7.38. The van der Waals surface area contributed by atoms with Crippen LogP contribution >= 0.6 is 27.5 Å². The Morgan fingerprint density at radius 2 is 1.95 bits per heavy atom. The molecular formula is C15H13BrClNO2. The number of hydrogen-bond donors (Lipinski definition) is 1. The van der Waals surface area contributed by atoms with Crippen LogP contribution in [0.3, 0.4) is 0 Å². The predicted molar refractivity (Wildman–Crippen MR) is 83.8 cm³/mol. The topological polar surface area (TPSA) is 30.5 Å². The van der Waals surface area contributed by atoms with Crippen LogP contribution in [-0.2, 0) is 6.54 Å². The Kier molecular flexibility index (Phi) is 3.76. The molecule has 1 aliphatic heterocycles. The minimum atomic E-state index is 0.284. The first kappa shape index (κ1) is 13.6. The molecule has 1 N–H and O–H groups in total. The molecule has 0 amide bonds. The zero-order valence-corrected chi connectivity index (χ0v) is 13.2. The van der Waals surface area contributed by atoms with Gasteiger partial charge in [0.15, 0.2) is 11.5 Å². The van der Waals surface area contributed by atoms with Crippen molar-refractivity contribution in [3.8, 4) is 11.5 Å². The van der Waals surface area contributed by atoms with Gasteiger partial charge in [0, 0.05) is 21.7 Å². The zero-order chi connectivity index (χ0) is 14.1. The molecule has 0 radical (unpaired) electrons. The average Bonchev–Trinajstić information content (AvgIpc) is 2.86. The second kappa shape index (κ2) is 5.54. The summed E-state index contributed by atoms with van der Waals surface area (Å²) in [5, 5.41) is 4.12. The maximum absolute atomic E-state index is 6.02. The fraction of sp³-hybridized carbons (Fsp3) is 0.200. The number of hydrogen-bond acceptors (Lipinski definition) is 3. The molecule has 0 saturated carbocycles. The van der Waals surface area contributed by atoms with Gasteiger partial charge in [0.1, 0.15) is 0 Å². The molecule has 0 saturated heterocycles. The van der Waals surface area contributed by atoms with E-state index in [4.69, 9.17) is 21.1 Å². The van der Waals surface area contributed by atoms with Gasteiger partial charge in [-0.15, -0.1) is 0 Å². The summed E-state index contributed by atoms with van der Waals surface area (Å²) in [5.41, 5.74) is 3.29. The van der Waals surface area contributed by atoms with Crippen molar-refractivity contribution in [2.75, 3.05) is 12.1 Å². The fourth-order valence-corrected chi connectivity index (χ4v) is 2.70. The highest BCUT2D eigenvalue weighted by Gasteiger charge is 2.16. The Bertz CT molecular complexity index is 661. The number of halogens is 2. The van der Waals surface area contributed by atoms with Gasteiger partial charge >= 0.3 is 0 Å². The Morgan fingerprint density at radius 3 is 2.75 bits per heavy atom. The number of rotatable bonds is 3. The molecule has 0 bridgehead atoms. The standard InChI is InChI=1S/C15H13BrClNO2/c1-9-2-3-11(17)5-13(9)18-7-10-4-14-15(6-12(10)16)20-8-19-14/h2-6,18H,7-8H2,1H3. The van der Waals surface area contributed by atoms with Crippen LogP contribution in [0.15, 0.2) is 34.8 Å². The maximum Gasteiger partial charge on any atom is 0.231 e. The quantitative estimate of drug-likeness (QED) is 0.862. The van der Waals surface area contributed by atoms with E-state index >= 15 is 0 Å². The van der Waals surface area contributed by atoms with Crippen LogP contribution in [0.4, 0.5) is 5.69 Å². The molecule has 104 valence electrons. The first-order valence-electron chi connectivity index (χ1n) is 6.21. The third kappa shape index (κ3) is 2.72. The lowest BCUT2D eigenvalue weighted by atomic mass is 10.1. The minimum absolute atomic E-state index is 0.284. The maximum atomic E-state index is 6.02. The highest BCUT2D eigenvalue weighted by Crippen LogP contribution is 2.37. The third-order valence-electron chi connectivity index (χ3n) is 3.21. The molecule has 0 unspecified atom stereocenters. The van der Waals surface area contributed by atoms with E-state index in [1.165, 1.54) is 0 Å². The summed E-state index contributed by atoms with van der Waals surface area (Å²) in [4.78, 5) is 0. The molecule has 0 atom stereocenters. The van der Waals surface area contributed by atoms with Crippen molar-refractivity contribution in [1.82, 2.24) is 0 Å². The second-order valence-electron chi connectivity index (χ2n) is 4.61. The molecule has 1 heterocycles. The zero-order valence-electron chi connectivity index (χ0n) is 10.9. The van der Waals surface area contributed by atoms with Crippen LogP contribution in [0.5, 0.6) is 11.5 Å². The lowest BCUT2D eigenvalue weighted by Crippen LogP contribution is -2.02. The molecule has 0 aliphatic carbocycles. The van der Waals surface area contributed by atoms with Crippen LogP contribution in [0.2, 0.25) is 5.02 Å². The summed E-state index contributed by atoms with van der Waals surface area (Å²) in [6.07, 6.45) is 0. The summed E-state index contributed by atoms with van der Waals surface area (Å²) in [6, 6.07) is 9.74. The van der Waals surface area contributed by atoms with Crippen molar-refractivity contribution in [2.24, 2.45) is 0 Å². The van der Waals surface area contributed by atoms with E-state index in [0.29, 0.717) is 6.54 Å². The number of anilines is 1. The Morgan fingerprint density at radius 1 is 1.20 bits per heavy atom. The van der Waals surface area contributed by atoms with Gasteiger partial charge in [0.05, 0.1) is 0 Å². The van der Waals surface area contributed by atoms with Crippen molar-refractivity contribution >= 4 is 33.2 Å². The van der Waals surface area contributed by atoms with E-state index in [9.17, 15) is 0 Å². The lowest BCUT2D eigenvalue weighted by molar-refractivity contribution is 0.174. The van der Waals surface area contributed by atoms with Gasteiger partial charge in [-0.05, 0) is 42.3 Å². The molecule has 20 heavy (non-hydrogen) atoms. The van der Waals surface area contributed by atoms with Crippen molar-refractivity contribution in [3.05, 3.63) is 51.0 Å². The fourth-order valence-electron chi connectivity index (χ4n) is 2.07. The van der Waals surface area contributed by atoms with Gasteiger partial charge in [-0.1, -0.05) is 33.6 Å². The SMILES string of the molecule is Cc1ccc(Cl)cc1NCc1cc2c(cc1Br)OCO2. The lowest BCUT2D eigenvalue weighted by Gasteiger charge is -2.12. The van der Waals surface area contributed by atoms with Gasteiger partial charge in [0.25, 0.3) is 0 Å². The first-order chi connectivity index (χ1) is 9.63. The molecule has 0 spiro atoms. The second-order valence-corrected chi connectivity index (χ2v) is 5.90. The molecule has 2 aromatic rings. The molecule has 3 rings (SSSR count). The smallest absolute Gasteiger partial charge is 0.231 e. The number of benzene rings is 2.